The van der Waals surface area contributed by atoms with Crippen LogP contribution >= 0.6 is 0 Å². The molecule has 2 aromatic rings. The normalized spacial score (nSPS) is 10.2. The molecule has 1 aromatic carbocycles. The van der Waals surface area contributed by atoms with Crippen LogP contribution in [-0.4, -0.2) is 10.9 Å². The smallest absolute Gasteiger partial charge is 0.221 e. The number of nitrogens with two attached hydrogens (primary N) is 1. The Morgan fingerprint density at radius 3 is 2.87 bits per heavy atom. The van der Waals surface area contributed by atoms with Crippen LogP contribution in [0.5, 0.6) is 0 Å². The van der Waals surface area contributed by atoms with Crippen molar-refractivity contribution in [2.45, 2.75) is 6.92 Å². The Balaban J connectivity index is 2.65. The largest absolute Gasteiger partial charge is 0.384 e. The Kier molecular flexibility index (Phi) is 2.25. The van der Waals surface area contributed by atoms with Crippen LogP contribution in [0.2, 0.25) is 0 Å². The Morgan fingerprint density at radius 1 is 1.40 bits per heavy atom. The molecule has 0 bridgehead atoms. The maximum absolute atomic E-state index is 11.0. The summed E-state index contributed by atoms with van der Waals surface area (Å²) in [7, 11) is 0. The molecule has 0 unspecified atom stereocenters. The van der Waals surface area contributed by atoms with Crippen molar-refractivity contribution in [3.05, 3.63) is 30.3 Å². The lowest BCUT2D eigenvalue weighted by Gasteiger charge is -2.07. The van der Waals surface area contributed by atoms with E-state index in [1.807, 2.05) is 24.3 Å². The molecule has 3 N–H and O–H groups in total. The highest BCUT2D eigenvalue weighted by Gasteiger charge is 2.04. The number of nitrogens with zero attached hydrogens (tertiary/aromatic N) is 1. The summed E-state index contributed by atoms with van der Waals surface area (Å²) in [4.78, 5) is 15.2. The highest BCUT2D eigenvalue weighted by molar-refractivity contribution is 6.00. The minimum atomic E-state index is -0.120. The SMILES string of the molecule is CC(=O)Nc1cc(N)nc2ccccc12. The Labute approximate surface area is 87.1 Å². The van der Waals surface area contributed by atoms with Crippen molar-refractivity contribution in [2.75, 3.05) is 11.1 Å². The maximum Gasteiger partial charge on any atom is 0.221 e. The number of pyridine rings is 1. The first-order chi connectivity index (χ1) is 7.16. The van der Waals surface area contributed by atoms with E-state index in [1.54, 1.807) is 6.07 Å². The summed E-state index contributed by atoms with van der Waals surface area (Å²) in [6, 6.07) is 9.19. The van der Waals surface area contributed by atoms with Crippen LogP contribution in [-0.2, 0) is 4.79 Å². The maximum atomic E-state index is 11.0. The monoisotopic (exact) mass is 201 g/mol. The van der Waals surface area contributed by atoms with Crippen LogP contribution < -0.4 is 11.1 Å². The summed E-state index contributed by atoms with van der Waals surface area (Å²) < 4.78 is 0. The third-order valence-corrected chi connectivity index (χ3v) is 2.05. The molecule has 1 heterocycles. The molecule has 4 heteroatoms. The van der Waals surface area contributed by atoms with Crippen molar-refractivity contribution in [2.24, 2.45) is 0 Å². The average Bonchev–Trinajstić information content (AvgIpc) is 2.16. The number of fused-ring (bicyclic) bond motifs is 1. The number of benzene rings is 1. The summed E-state index contributed by atoms with van der Waals surface area (Å²) in [5.41, 5.74) is 7.12. The third kappa shape index (κ3) is 1.88. The van der Waals surface area contributed by atoms with Crippen LogP contribution in [0.15, 0.2) is 30.3 Å². The number of nitrogen functional groups attached to an aromatic ring is 1. The van der Waals surface area contributed by atoms with Gasteiger partial charge < -0.3 is 11.1 Å². The lowest BCUT2D eigenvalue weighted by Crippen LogP contribution is -2.07. The summed E-state index contributed by atoms with van der Waals surface area (Å²) in [6.07, 6.45) is 0. The molecule has 1 aromatic heterocycles. The van der Waals surface area contributed by atoms with Gasteiger partial charge in [0.25, 0.3) is 0 Å². The van der Waals surface area contributed by atoms with E-state index in [2.05, 4.69) is 10.3 Å². The molecule has 0 atom stereocenters. The molecule has 0 radical (unpaired) electrons. The number of anilines is 2. The second-order valence-electron chi connectivity index (χ2n) is 3.29. The fraction of sp³-hybridized carbons (Fsp3) is 0.0909. The van der Waals surface area contributed by atoms with Gasteiger partial charge in [0.15, 0.2) is 0 Å². The molecule has 15 heavy (non-hydrogen) atoms. The van der Waals surface area contributed by atoms with Gasteiger partial charge in [-0.3, -0.25) is 4.79 Å². The minimum absolute atomic E-state index is 0.120. The molecular weight excluding hydrogens is 190 g/mol. The first-order valence-electron chi connectivity index (χ1n) is 4.59. The van der Waals surface area contributed by atoms with E-state index in [4.69, 9.17) is 5.73 Å². The van der Waals surface area contributed by atoms with E-state index in [9.17, 15) is 4.79 Å². The fourth-order valence-electron chi connectivity index (χ4n) is 1.49. The first kappa shape index (κ1) is 9.45. The van der Waals surface area contributed by atoms with Crippen LogP contribution in [0.4, 0.5) is 11.5 Å². The van der Waals surface area contributed by atoms with E-state index in [0.29, 0.717) is 11.5 Å². The number of carbonyl (C=O) groups is 1. The number of nitrogens with one attached hydrogen (secondary N) is 1. The molecule has 0 fully saturated rings. The highest BCUT2D eigenvalue weighted by atomic mass is 16.1. The van der Waals surface area contributed by atoms with Gasteiger partial charge in [-0.2, -0.15) is 0 Å². The zero-order valence-corrected chi connectivity index (χ0v) is 8.32. The van der Waals surface area contributed by atoms with E-state index < -0.39 is 0 Å². The molecule has 0 spiro atoms. The standard InChI is InChI=1S/C11H11N3O/c1-7(15)13-10-6-11(12)14-9-5-3-2-4-8(9)10/h2-6H,1H3,(H3,12,13,14,15). The lowest BCUT2D eigenvalue weighted by molar-refractivity contribution is -0.114. The van der Waals surface area contributed by atoms with E-state index in [1.165, 1.54) is 6.92 Å². The quantitative estimate of drug-likeness (QED) is 0.738. The zero-order valence-electron chi connectivity index (χ0n) is 8.32. The number of aromatic nitrogens is 1. The minimum Gasteiger partial charge on any atom is -0.384 e. The Hall–Kier alpha value is -2.10. The van der Waals surface area contributed by atoms with Crippen molar-refractivity contribution in [3.8, 4) is 0 Å². The van der Waals surface area contributed by atoms with Gasteiger partial charge in [0, 0.05) is 18.4 Å². The second kappa shape index (κ2) is 3.57. The predicted octanol–water partition coefficient (Wildman–Crippen LogP) is 1.78. The number of amides is 1. The summed E-state index contributed by atoms with van der Waals surface area (Å²) in [6.45, 7) is 1.46. The molecule has 0 aliphatic carbocycles. The molecule has 4 nitrogen and oxygen atoms in total. The number of para-hydroxylation sites is 1. The van der Waals surface area contributed by atoms with Gasteiger partial charge in [0.1, 0.15) is 5.82 Å². The predicted molar refractivity (Wildman–Crippen MR) is 60.5 cm³/mol. The summed E-state index contributed by atoms with van der Waals surface area (Å²) in [5, 5.41) is 3.62. The third-order valence-electron chi connectivity index (χ3n) is 2.05. The average molecular weight is 201 g/mol. The second-order valence-corrected chi connectivity index (χ2v) is 3.29. The van der Waals surface area contributed by atoms with Gasteiger partial charge in [0.05, 0.1) is 11.2 Å². The van der Waals surface area contributed by atoms with Crippen LogP contribution in [0.25, 0.3) is 10.9 Å². The number of rotatable bonds is 1. The van der Waals surface area contributed by atoms with Gasteiger partial charge >= 0.3 is 0 Å². The van der Waals surface area contributed by atoms with Crippen molar-refractivity contribution >= 4 is 28.3 Å². The van der Waals surface area contributed by atoms with Crippen molar-refractivity contribution in [3.63, 3.8) is 0 Å². The van der Waals surface area contributed by atoms with Crippen LogP contribution in [0.3, 0.4) is 0 Å². The van der Waals surface area contributed by atoms with Crippen molar-refractivity contribution in [1.82, 2.24) is 4.98 Å². The number of carbonyl (C=O) groups excluding carboxylic acids is 1. The van der Waals surface area contributed by atoms with Crippen molar-refractivity contribution < 1.29 is 4.79 Å². The molecule has 0 saturated heterocycles. The van der Waals surface area contributed by atoms with Crippen LogP contribution in [0.1, 0.15) is 6.92 Å². The topological polar surface area (TPSA) is 68.0 Å². The highest BCUT2D eigenvalue weighted by Crippen LogP contribution is 2.23. The van der Waals surface area contributed by atoms with Gasteiger partial charge in [0.2, 0.25) is 5.91 Å². The number of hydrogen-bond acceptors (Lipinski definition) is 3. The van der Waals surface area contributed by atoms with Crippen LogP contribution in [0, 0.1) is 0 Å². The Bertz CT molecular complexity index is 522. The van der Waals surface area contributed by atoms with Gasteiger partial charge in [-0.1, -0.05) is 18.2 Å². The molecular formula is C11H11N3O. The zero-order chi connectivity index (χ0) is 10.8. The van der Waals surface area contributed by atoms with Crippen molar-refractivity contribution in [1.29, 1.82) is 0 Å². The molecule has 0 aliphatic rings. The molecule has 76 valence electrons. The van der Waals surface area contributed by atoms with E-state index in [-0.39, 0.29) is 5.91 Å². The molecule has 1 amide bonds. The first-order valence-corrected chi connectivity index (χ1v) is 4.59. The fourth-order valence-corrected chi connectivity index (χ4v) is 1.49. The summed E-state index contributed by atoms with van der Waals surface area (Å²) in [5.74, 6) is 0.281. The lowest BCUT2D eigenvalue weighted by atomic mass is 10.2. The van der Waals surface area contributed by atoms with E-state index >= 15 is 0 Å². The Morgan fingerprint density at radius 2 is 2.13 bits per heavy atom. The summed E-state index contributed by atoms with van der Waals surface area (Å²) >= 11 is 0. The molecule has 0 aliphatic heterocycles. The van der Waals surface area contributed by atoms with Gasteiger partial charge in [-0.25, -0.2) is 4.98 Å². The molecule has 0 saturated carbocycles. The van der Waals surface area contributed by atoms with E-state index in [0.717, 1.165) is 10.9 Å². The van der Waals surface area contributed by atoms with Gasteiger partial charge in [-0.15, -0.1) is 0 Å². The van der Waals surface area contributed by atoms with Gasteiger partial charge in [-0.05, 0) is 6.07 Å². The number of hydrogen-bond donors (Lipinski definition) is 2. The molecule has 2 rings (SSSR count).